The van der Waals surface area contributed by atoms with Gasteiger partial charge in [0.05, 0.1) is 12.4 Å². The van der Waals surface area contributed by atoms with Gasteiger partial charge < -0.3 is 95.6 Å². The maximum Gasteiger partial charge on any atom is 0.246 e. The van der Waals surface area contributed by atoms with Gasteiger partial charge in [-0.05, 0) is 152 Å². The smallest absolute Gasteiger partial charge is 0.246 e. The molecule has 14 amide bonds. The van der Waals surface area contributed by atoms with Crippen LogP contribution in [0.5, 0.6) is 0 Å². The molecule has 1 aromatic heterocycles. The first-order chi connectivity index (χ1) is 64.5. The zero-order valence-electron chi connectivity index (χ0n) is 80.1. The van der Waals surface area contributed by atoms with Crippen LogP contribution in [0.15, 0.2) is 116 Å². The third kappa shape index (κ3) is 42.3. The normalized spacial score (nSPS) is 20.2. The lowest BCUT2D eigenvalue weighted by molar-refractivity contribution is -0.143. The highest BCUT2D eigenvalue weighted by molar-refractivity contribution is 5.99. The molecule has 0 aliphatic carbocycles. The SMILES string of the molecule is CCCCCCCCCCCCCCCC(=O)NCCCCCC(=O)NCCCC[C@H](NC(=O)C[C@H](Cc1ccccc1)NC(=O)[C@@H]1CCC/C=C/CCC[C@H](NC(=O)CC(C)C)C(=O)NC([C@@H](C)O)C(=O)N[C@@H](Cc2cnc[nH]2)C(=O)N[C@@H](C(c2ccccc2)c2ccccc2)C(=O)N2CCC[C@H]2C(=O)N[C@@H](C)C(=O)NC([C@@H](C)CC)C(=O)N1)C(=O)N[C@H](CCCNC(=N)N)C(N)=O. The Morgan fingerprint density at radius 2 is 1.07 bits per heavy atom. The molecule has 2 aliphatic heterocycles. The Balaban J connectivity index is 1.23. The summed E-state index contributed by atoms with van der Waals surface area (Å²) in [4.78, 5) is 210. The van der Waals surface area contributed by atoms with Gasteiger partial charge in [-0.2, -0.15) is 0 Å². The summed E-state index contributed by atoms with van der Waals surface area (Å²) in [7, 11) is 0. The molecule has 0 spiro atoms. The molecule has 3 aromatic carbocycles. The minimum absolute atomic E-state index is 0.000478. The van der Waals surface area contributed by atoms with Crippen LogP contribution in [0.4, 0.5) is 0 Å². The highest BCUT2D eigenvalue weighted by Crippen LogP contribution is 2.32. The Kier molecular flexibility index (Phi) is 52.1. The Hall–Kier alpha value is -11.6. The molecule has 34 heteroatoms. The number of allylic oxidation sites excluding steroid dienone is 2. The van der Waals surface area contributed by atoms with Gasteiger partial charge in [0.2, 0.25) is 82.7 Å². The number of fused-ring (bicyclic) bond motifs is 1. The minimum Gasteiger partial charge on any atom is -0.391 e. The summed E-state index contributed by atoms with van der Waals surface area (Å²) in [5.74, 6) is -11.1. The number of benzene rings is 3. The minimum atomic E-state index is -1.70. The summed E-state index contributed by atoms with van der Waals surface area (Å²) in [6.45, 7) is 13.2. The fourth-order valence-corrected chi connectivity index (χ4v) is 16.8. The monoisotopic (exact) mass is 1860 g/mol. The van der Waals surface area contributed by atoms with Gasteiger partial charge in [0.15, 0.2) is 5.96 Å². The molecule has 3 heterocycles. The average Bonchev–Trinajstić information content (AvgIpc) is 1.78. The van der Waals surface area contributed by atoms with Gasteiger partial charge >= 0.3 is 0 Å². The third-order valence-electron chi connectivity index (χ3n) is 24.6. The maximum atomic E-state index is 15.9. The first kappa shape index (κ1) is 111. The number of hydrogen-bond acceptors (Lipinski definition) is 17. The number of imidazole rings is 1. The number of primary amides is 1. The van der Waals surface area contributed by atoms with Gasteiger partial charge in [0.1, 0.15) is 60.4 Å². The van der Waals surface area contributed by atoms with Gasteiger partial charge in [-0.25, -0.2) is 4.98 Å². The average molecular weight is 1860 g/mol. The lowest BCUT2D eigenvalue weighted by Gasteiger charge is -2.35. The summed E-state index contributed by atoms with van der Waals surface area (Å²) in [6, 6.07) is 12.2. The van der Waals surface area contributed by atoms with Crippen LogP contribution in [0.25, 0.3) is 0 Å². The van der Waals surface area contributed by atoms with Crippen LogP contribution in [0, 0.1) is 17.2 Å². The van der Waals surface area contributed by atoms with Crippen LogP contribution in [-0.4, -0.2) is 207 Å². The predicted octanol–water partition coefficient (Wildman–Crippen LogP) is 7.85. The summed E-state index contributed by atoms with van der Waals surface area (Å²) in [5, 5.41) is 55.8. The molecule has 6 rings (SSSR count). The zero-order valence-corrected chi connectivity index (χ0v) is 80.1. The summed E-state index contributed by atoms with van der Waals surface area (Å²) in [5.41, 5.74) is 13.6. The molecule has 13 atom stereocenters. The molecule has 0 bridgehead atoms. The van der Waals surface area contributed by atoms with Crippen molar-refractivity contribution in [3.63, 3.8) is 0 Å². The number of carbonyl (C=O) groups excluding carboxylic acids is 14. The van der Waals surface area contributed by atoms with Crippen molar-refractivity contribution >= 4 is 88.7 Å². The standard InChI is InChI=1S/C100H155N19O15/c1-8-10-11-12-13-14-15-16-17-18-19-24-37-55-82(121)105-57-40-28-38-56-83(122)106-58-41-39-52-77(93(128)113-76(90(101)125)53-42-59-107-100(102)103)112-85(124)64-74(62-71-44-29-25-30-45-71)110-92(127)79-51-36-23-21-20-22-35-50-78(111-84(123)61-67(3)4)94(129)117-88(70(7)120)98(133)115-80(63-75-65-104-66-108-75)95(130)118-89(86(72-46-31-26-32-47-72)73-48-33-27-34-49-73)99(134)119-60-43-54-81(119)96(131)109-69(6)91(126)116-87(68(5)9-2)97(132)114-79/h20-21,25-27,29-34,44-49,65-70,74,76-81,86-89,120H,8-19,22-24,28,35-43,50-64H2,1-7H3,(H2,101,125)(H,104,108)(H,105,121)(H,106,122)(H,109,131)(H,110,127)(H,111,123)(H,112,124)(H,113,128)(H,114,132)(H,115,133)(H,116,126)(H,117,129)(H,118,130)(H4,102,103,107)/b21-20+/t68-,69-,70+,74-,76+,77-,78-,79-,80-,81-,87?,88?,89-/m0/s1. The van der Waals surface area contributed by atoms with E-state index in [1.165, 1.54) is 95.5 Å². The van der Waals surface area contributed by atoms with E-state index in [4.69, 9.17) is 16.9 Å². The predicted molar refractivity (Wildman–Crippen MR) is 516 cm³/mol. The number of amides is 14. The van der Waals surface area contributed by atoms with Crippen molar-refractivity contribution in [2.75, 3.05) is 26.2 Å². The first-order valence-electron chi connectivity index (χ1n) is 49.1. The van der Waals surface area contributed by atoms with Crippen molar-refractivity contribution in [1.82, 2.24) is 84.0 Å². The number of aliphatic hydroxyl groups is 1. The third-order valence-corrected chi connectivity index (χ3v) is 24.6. The molecule has 740 valence electrons. The van der Waals surface area contributed by atoms with Gasteiger partial charge in [0.25, 0.3) is 0 Å². The fourth-order valence-electron chi connectivity index (χ4n) is 16.8. The Morgan fingerprint density at radius 3 is 1.64 bits per heavy atom. The van der Waals surface area contributed by atoms with E-state index >= 15 is 19.2 Å². The van der Waals surface area contributed by atoms with E-state index in [0.717, 1.165) is 32.1 Å². The molecule has 4 aromatic rings. The van der Waals surface area contributed by atoms with Crippen LogP contribution >= 0.6 is 0 Å². The first-order valence-corrected chi connectivity index (χ1v) is 49.1. The van der Waals surface area contributed by atoms with Crippen LogP contribution in [0.1, 0.15) is 295 Å². The molecule has 1 saturated heterocycles. The second kappa shape index (κ2) is 62.8. The van der Waals surface area contributed by atoms with Crippen LogP contribution in [0.3, 0.4) is 0 Å². The molecule has 134 heavy (non-hydrogen) atoms. The van der Waals surface area contributed by atoms with Gasteiger partial charge in [-0.15, -0.1) is 0 Å². The number of H-pyrrole nitrogens is 1. The number of unbranched alkanes of at least 4 members (excludes halogenated alkanes) is 15. The van der Waals surface area contributed by atoms with E-state index in [0.29, 0.717) is 86.7 Å². The second-order valence-electron chi connectivity index (χ2n) is 36.4. The van der Waals surface area contributed by atoms with Crippen molar-refractivity contribution in [2.24, 2.45) is 23.3 Å². The highest BCUT2D eigenvalue weighted by atomic mass is 16.3. The maximum absolute atomic E-state index is 15.9. The molecule has 0 radical (unpaired) electrons. The number of aliphatic hydroxyl groups excluding tert-OH is 1. The molecule has 0 saturated carbocycles. The number of aromatic amines is 1. The lowest BCUT2D eigenvalue weighted by Crippen LogP contribution is -2.62. The van der Waals surface area contributed by atoms with E-state index in [9.17, 15) is 53.1 Å². The Labute approximate surface area is 791 Å². The molecule has 2 aliphatic rings. The van der Waals surface area contributed by atoms with Crippen molar-refractivity contribution in [1.29, 1.82) is 5.41 Å². The van der Waals surface area contributed by atoms with E-state index in [1.807, 2.05) is 32.9 Å². The second-order valence-corrected chi connectivity index (χ2v) is 36.4. The number of carbonyl (C=O) groups is 14. The zero-order chi connectivity index (χ0) is 97.5. The van der Waals surface area contributed by atoms with E-state index in [2.05, 4.69) is 86.0 Å². The highest BCUT2D eigenvalue weighted by Gasteiger charge is 2.44. The molecule has 1 fully saturated rings. The van der Waals surface area contributed by atoms with Crippen molar-refractivity contribution in [3.05, 3.63) is 138 Å². The number of rotatable bonds is 50. The van der Waals surface area contributed by atoms with E-state index in [-0.39, 0.29) is 114 Å². The van der Waals surface area contributed by atoms with Crippen molar-refractivity contribution in [3.8, 4) is 0 Å². The van der Waals surface area contributed by atoms with Crippen molar-refractivity contribution < 1.29 is 72.2 Å². The number of nitrogens with two attached hydrogens (primary N) is 2. The molecule has 34 nitrogen and oxygen atoms in total. The molecule has 2 unspecified atom stereocenters. The van der Waals surface area contributed by atoms with Gasteiger partial charge in [0, 0.05) is 82.1 Å². The summed E-state index contributed by atoms with van der Waals surface area (Å²) < 4.78 is 0. The van der Waals surface area contributed by atoms with Crippen LogP contribution < -0.4 is 80.6 Å². The molecular weight excluding hydrogens is 1710 g/mol. The van der Waals surface area contributed by atoms with E-state index < -0.39 is 162 Å². The number of hydrogen-bond donors (Lipinski definition) is 18. The number of guanidine groups is 1. The number of nitrogens with one attached hydrogen (secondary N) is 15. The molecular formula is C100H155N19O15. The summed E-state index contributed by atoms with van der Waals surface area (Å²) >= 11 is 0. The van der Waals surface area contributed by atoms with E-state index in [1.54, 1.807) is 97.9 Å². The molecule has 20 N–H and O–H groups in total. The Morgan fingerprint density at radius 1 is 0.530 bits per heavy atom. The van der Waals surface area contributed by atoms with Crippen LogP contribution in [-0.2, 0) is 80.0 Å². The lowest BCUT2D eigenvalue weighted by atomic mass is 9.84. The number of aromatic nitrogens is 2. The quantitative estimate of drug-likeness (QED) is 0.00865. The Bertz CT molecular complexity index is 4250. The largest absolute Gasteiger partial charge is 0.391 e. The van der Waals surface area contributed by atoms with Gasteiger partial charge in [-0.1, -0.05) is 228 Å². The van der Waals surface area contributed by atoms with Gasteiger partial charge in [-0.3, -0.25) is 72.5 Å². The fraction of sp³-hybridized carbons (Fsp3) is 0.620. The number of nitrogens with zero attached hydrogens (tertiary/aromatic N) is 2. The topological polar surface area (TPSA) is 523 Å². The van der Waals surface area contributed by atoms with Crippen LogP contribution in [0.2, 0.25) is 0 Å². The van der Waals surface area contributed by atoms with Crippen molar-refractivity contribution in [2.45, 2.75) is 358 Å². The summed E-state index contributed by atoms with van der Waals surface area (Å²) in [6.07, 6.45) is 26.6.